The topological polar surface area (TPSA) is 29.1 Å². The second kappa shape index (κ2) is 9.73. The fourth-order valence-corrected chi connectivity index (χ4v) is 3.82. The molecule has 3 heteroatoms. The monoisotopic (exact) mass is 343 g/mol. The standard InChI is InChI=1S/C21H29NOS/c1-4-14-24-16(3)22-21(23)20(15-18-8-6-7-9-18)19-12-10-17(5-2)11-13-19/h4,10-14,18,20H,3,5-9,15H2,1-2H3,(H,22,23)/b14-4-. The molecule has 0 saturated heterocycles. The summed E-state index contributed by atoms with van der Waals surface area (Å²) in [4.78, 5) is 12.9. The molecule has 130 valence electrons. The van der Waals surface area contributed by atoms with Gasteiger partial charge in [-0.3, -0.25) is 4.79 Å². The van der Waals surface area contributed by atoms with Crippen LogP contribution in [0.1, 0.15) is 63.0 Å². The summed E-state index contributed by atoms with van der Waals surface area (Å²) >= 11 is 1.46. The Morgan fingerprint density at radius 3 is 2.58 bits per heavy atom. The number of hydrogen-bond acceptors (Lipinski definition) is 2. The summed E-state index contributed by atoms with van der Waals surface area (Å²) in [7, 11) is 0. The molecule has 1 aromatic rings. The van der Waals surface area contributed by atoms with Gasteiger partial charge in [0.25, 0.3) is 0 Å². The molecule has 0 aliphatic heterocycles. The largest absolute Gasteiger partial charge is 0.320 e. The van der Waals surface area contributed by atoms with E-state index < -0.39 is 0 Å². The molecular weight excluding hydrogens is 314 g/mol. The Morgan fingerprint density at radius 2 is 2.00 bits per heavy atom. The Balaban J connectivity index is 2.11. The first-order valence-electron chi connectivity index (χ1n) is 9.00. The number of carbonyl (C=O) groups excluding carboxylic acids is 1. The summed E-state index contributed by atoms with van der Waals surface area (Å²) in [5.41, 5.74) is 2.44. The van der Waals surface area contributed by atoms with Gasteiger partial charge in [0.2, 0.25) is 5.91 Å². The molecule has 1 aliphatic rings. The van der Waals surface area contributed by atoms with Gasteiger partial charge in [-0.05, 0) is 42.2 Å². The summed E-state index contributed by atoms with van der Waals surface area (Å²) < 4.78 is 0. The highest BCUT2D eigenvalue weighted by Gasteiger charge is 2.26. The number of nitrogens with one attached hydrogen (secondary N) is 1. The van der Waals surface area contributed by atoms with Crippen molar-refractivity contribution in [1.29, 1.82) is 0 Å². The predicted octanol–water partition coefficient (Wildman–Crippen LogP) is 5.77. The van der Waals surface area contributed by atoms with Gasteiger partial charge in [0.15, 0.2) is 0 Å². The highest BCUT2D eigenvalue weighted by Crippen LogP contribution is 2.34. The lowest BCUT2D eigenvalue weighted by Gasteiger charge is -2.21. The molecular formula is C21H29NOS. The van der Waals surface area contributed by atoms with E-state index in [-0.39, 0.29) is 11.8 Å². The molecule has 0 bridgehead atoms. The van der Waals surface area contributed by atoms with Gasteiger partial charge in [-0.2, -0.15) is 0 Å². The molecule has 2 nitrogen and oxygen atoms in total. The minimum absolute atomic E-state index is 0.0770. The number of rotatable bonds is 8. The molecule has 0 heterocycles. The van der Waals surface area contributed by atoms with Crippen LogP contribution in [0, 0.1) is 5.92 Å². The third-order valence-corrected chi connectivity index (χ3v) is 5.55. The van der Waals surface area contributed by atoms with Gasteiger partial charge < -0.3 is 5.32 Å². The molecule has 1 unspecified atom stereocenters. The Labute approximate surface area is 150 Å². The maximum absolute atomic E-state index is 12.9. The second-order valence-electron chi connectivity index (χ2n) is 6.53. The van der Waals surface area contributed by atoms with E-state index in [1.54, 1.807) is 0 Å². The molecule has 2 rings (SSSR count). The summed E-state index contributed by atoms with van der Waals surface area (Å²) in [6.45, 7) is 8.06. The predicted molar refractivity (Wildman–Crippen MR) is 105 cm³/mol. The second-order valence-corrected chi connectivity index (χ2v) is 7.53. The van der Waals surface area contributed by atoms with Crippen LogP contribution in [0.3, 0.4) is 0 Å². The van der Waals surface area contributed by atoms with Crippen LogP contribution in [-0.2, 0) is 11.2 Å². The first-order chi connectivity index (χ1) is 11.6. The number of aryl methyl sites for hydroxylation is 1. The summed E-state index contributed by atoms with van der Waals surface area (Å²) in [6, 6.07) is 8.54. The SMILES string of the molecule is C=C(NC(=O)C(CC1CCCC1)c1ccc(CC)cc1)S/C=C\C. The smallest absolute Gasteiger partial charge is 0.232 e. The van der Waals surface area contributed by atoms with Crippen LogP contribution in [0.5, 0.6) is 0 Å². The van der Waals surface area contributed by atoms with Crippen LogP contribution in [0.25, 0.3) is 0 Å². The van der Waals surface area contributed by atoms with Gasteiger partial charge in [0, 0.05) is 0 Å². The minimum atomic E-state index is -0.0815. The number of thioether (sulfide) groups is 1. The van der Waals surface area contributed by atoms with E-state index in [0.717, 1.165) is 18.4 Å². The number of hydrogen-bond donors (Lipinski definition) is 1. The molecule has 0 spiro atoms. The third-order valence-electron chi connectivity index (χ3n) is 4.76. The fourth-order valence-electron chi connectivity index (χ4n) is 3.36. The van der Waals surface area contributed by atoms with E-state index in [1.165, 1.54) is 43.0 Å². The highest BCUT2D eigenvalue weighted by atomic mass is 32.2. The Kier molecular flexibility index (Phi) is 7.64. The third kappa shape index (κ3) is 5.55. The molecule has 24 heavy (non-hydrogen) atoms. The van der Waals surface area contributed by atoms with Crippen molar-refractivity contribution < 1.29 is 4.79 Å². The van der Waals surface area contributed by atoms with E-state index in [0.29, 0.717) is 10.9 Å². The van der Waals surface area contributed by atoms with Crippen LogP contribution < -0.4 is 5.32 Å². The van der Waals surface area contributed by atoms with Crippen LogP contribution in [0.15, 0.2) is 47.4 Å². The van der Waals surface area contributed by atoms with Gasteiger partial charge >= 0.3 is 0 Å². The molecule has 1 atom stereocenters. The van der Waals surface area contributed by atoms with Crippen molar-refractivity contribution in [2.75, 3.05) is 0 Å². The molecule has 1 N–H and O–H groups in total. The molecule has 0 aromatic heterocycles. The Bertz CT molecular complexity index is 570. The summed E-state index contributed by atoms with van der Waals surface area (Å²) in [6.07, 6.45) is 9.03. The first kappa shape index (κ1) is 18.9. The van der Waals surface area contributed by atoms with Crippen LogP contribution in [-0.4, -0.2) is 5.91 Å². The maximum atomic E-state index is 12.9. The van der Waals surface area contributed by atoms with Crippen molar-refractivity contribution in [2.45, 2.75) is 58.3 Å². The molecule has 1 aromatic carbocycles. The van der Waals surface area contributed by atoms with Crippen molar-refractivity contribution in [1.82, 2.24) is 5.32 Å². The zero-order valence-electron chi connectivity index (χ0n) is 14.9. The fraction of sp³-hybridized carbons (Fsp3) is 0.476. The van der Waals surface area contributed by atoms with E-state index in [2.05, 4.69) is 43.1 Å². The Morgan fingerprint density at radius 1 is 1.33 bits per heavy atom. The van der Waals surface area contributed by atoms with Crippen LogP contribution in [0.2, 0.25) is 0 Å². The number of benzene rings is 1. The van der Waals surface area contributed by atoms with Gasteiger partial charge in [0.1, 0.15) is 0 Å². The lowest BCUT2D eigenvalue weighted by Crippen LogP contribution is -2.28. The van der Waals surface area contributed by atoms with Crippen molar-refractivity contribution >= 4 is 17.7 Å². The molecule has 1 fully saturated rings. The zero-order valence-corrected chi connectivity index (χ0v) is 15.7. The maximum Gasteiger partial charge on any atom is 0.232 e. The van der Waals surface area contributed by atoms with E-state index in [4.69, 9.17) is 0 Å². The van der Waals surface area contributed by atoms with Gasteiger partial charge in [-0.25, -0.2) is 0 Å². The van der Waals surface area contributed by atoms with Crippen LogP contribution in [0.4, 0.5) is 0 Å². The highest BCUT2D eigenvalue weighted by molar-refractivity contribution is 8.05. The summed E-state index contributed by atoms with van der Waals surface area (Å²) in [5.74, 6) is 0.665. The van der Waals surface area contributed by atoms with Crippen molar-refractivity contribution in [3.63, 3.8) is 0 Å². The zero-order chi connectivity index (χ0) is 17.4. The number of carbonyl (C=O) groups is 1. The first-order valence-corrected chi connectivity index (χ1v) is 9.88. The van der Waals surface area contributed by atoms with Gasteiger partial charge in [-0.15, -0.1) is 0 Å². The minimum Gasteiger partial charge on any atom is -0.320 e. The molecule has 1 saturated carbocycles. The number of amides is 1. The molecule has 1 amide bonds. The normalized spacial score (nSPS) is 16.4. The molecule has 1 aliphatic carbocycles. The van der Waals surface area contributed by atoms with Crippen LogP contribution >= 0.6 is 11.8 Å². The van der Waals surface area contributed by atoms with E-state index in [9.17, 15) is 4.79 Å². The lowest BCUT2D eigenvalue weighted by atomic mass is 9.87. The van der Waals surface area contributed by atoms with Crippen molar-refractivity contribution in [2.24, 2.45) is 5.92 Å². The van der Waals surface area contributed by atoms with Gasteiger partial charge in [0.05, 0.1) is 10.9 Å². The quantitative estimate of drug-likeness (QED) is 0.649. The van der Waals surface area contributed by atoms with E-state index >= 15 is 0 Å². The van der Waals surface area contributed by atoms with Crippen molar-refractivity contribution in [3.05, 3.63) is 58.5 Å². The summed E-state index contributed by atoms with van der Waals surface area (Å²) in [5, 5.41) is 5.62. The lowest BCUT2D eigenvalue weighted by molar-refractivity contribution is -0.122. The van der Waals surface area contributed by atoms with Crippen molar-refractivity contribution in [3.8, 4) is 0 Å². The number of allylic oxidation sites excluding steroid dienone is 1. The van der Waals surface area contributed by atoms with E-state index in [1.807, 2.05) is 18.4 Å². The average molecular weight is 344 g/mol. The molecule has 0 radical (unpaired) electrons. The Hall–Kier alpha value is -1.48. The van der Waals surface area contributed by atoms with Gasteiger partial charge in [-0.1, -0.05) is 81.3 Å². The average Bonchev–Trinajstić information content (AvgIpc) is 3.11.